The van der Waals surface area contributed by atoms with Crippen molar-refractivity contribution in [2.24, 2.45) is 11.5 Å². The first-order valence-corrected chi connectivity index (χ1v) is 5.48. The van der Waals surface area contributed by atoms with Gasteiger partial charge in [-0.3, -0.25) is 10.2 Å². The Hall–Kier alpha value is -2.04. The van der Waals surface area contributed by atoms with Crippen molar-refractivity contribution in [2.75, 3.05) is 0 Å². The van der Waals surface area contributed by atoms with Gasteiger partial charge >= 0.3 is 0 Å². The average Bonchev–Trinajstić information content (AvgIpc) is 2.26. The van der Waals surface area contributed by atoms with Crippen LogP contribution in [0.4, 0.5) is 0 Å². The van der Waals surface area contributed by atoms with Crippen molar-refractivity contribution in [3.8, 4) is 5.75 Å². The van der Waals surface area contributed by atoms with Crippen LogP contribution in [0.5, 0.6) is 5.75 Å². The van der Waals surface area contributed by atoms with E-state index in [2.05, 4.69) is 0 Å². The van der Waals surface area contributed by atoms with Crippen LogP contribution < -0.4 is 11.5 Å². The number of carbonyl (C=O) groups is 1. The molecule has 1 amide bonds. The summed E-state index contributed by atoms with van der Waals surface area (Å²) < 4.78 is 0. The van der Waals surface area contributed by atoms with Gasteiger partial charge in [-0.25, -0.2) is 0 Å². The Labute approximate surface area is 99.9 Å². The first kappa shape index (κ1) is 13.0. The van der Waals surface area contributed by atoms with Crippen LogP contribution in [0.25, 0.3) is 0 Å². The monoisotopic (exact) mass is 235 g/mol. The molecule has 6 N–H and O–H groups in total. The topological polar surface area (TPSA) is 113 Å². The first-order chi connectivity index (χ1) is 7.99. The zero-order valence-corrected chi connectivity index (χ0v) is 9.79. The minimum absolute atomic E-state index is 0.0497. The fraction of sp³-hybridized carbons (Fsp3) is 0.333. The molecule has 1 aromatic rings. The number of amides is 1. The highest BCUT2D eigenvalue weighted by Gasteiger charge is 2.18. The highest BCUT2D eigenvalue weighted by molar-refractivity contribution is 6.08. The van der Waals surface area contributed by atoms with Crippen molar-refractivity contribution in [3.63, 3.8) is 0 Å². The number of phenolic OH excluding ortho intramolecular Hbond substituents is 1. The first-order valence-electron chi connectivity index (χ1n) is 5.48. The second kappa shape index (κ2) is 5.34. The van der Waals surface area contributed by atoms with Crippen LogP contribution in [-0.4, -0.2) is 16.8 Å². The number of nitrogens with two attached hydrogens (primary N) is 2. The van der Waals surface area contributed by atoms with Gasteiger partial charge in [-0.05, 0) is 25.0 Å². The Bertz CT molecular complexity index is 455. The fourth-order valence-corrected chi connectivity index (χ4v) is 1.76. The number of rotatable bonds is 5. The zero-order valence-electron chi connectivity index (χ0n) is 9.79. The number of phenols is 1. The average molecular weight is 235 g/mol. The molecule has 0 aliphatic carbocycles. The molecule has 0 aliphatic rings. The van der Waals surface area contributed by atoms with Crippen LogP contribution in [0, 0.1) is 5.41 Å². The molecule has 0 unspecified atom stereocenters. The number of carbonyl (C=O) groups excluding carboxylic acids is 1. The van der Waals surface area contributed by atoms with E-state index in [4.69, 9.17) is 16.9 Å². The molecule has 0 saturated heterocycles. The Morgan fingerprint density at radius 2 is 2.06 bits per heavy atom. The van der Waals surface area contributed by atoms with E-state index in [0.717, 1.165) is 12.8 Å². The van der Waals surface area contributed by atoms with E-state index in [-0.39, 0.29) is 22.7 Å². The summed E-state index contributed by atoms with van der Waals surface area (Å²) in [5.41, 5.74) is 11.6. The van der Waals surface area contributed by atoms with Crippen LogP contribution in [-0.2, 0) is 6.42 Å². The summed E-state index contributed by atoms with van der Waals surface area (Å²) >= 11 is 0. The molecule has 0 spiro atoms. The van der Waals surface area contributed by atoms with Crippen molar-refractivity contribution in [2.45, 2.75) is 26.2 Å². The number of nitrogen functional groups attached to an aromatic ring is 1. The maximum absolute atomic E-state index is 11.3. The summed E-state index contributed by atoms with van der Waals surface area (Å²) in [6.07, 6.45) is 2.35. The molecule has 92 valence electrons. The molecule has 0 atom stereocenters. The number of amidine groups is 1. The number of aromatic hydroxyl groups is 1. The smallest absolute Gasteiger partial charge is 0.249 e. The number of benzene rings is 1. The standard InChI is InChI=1S/C12H17N3O2/c1-2-3-4-7-9(16)6-5-8(12(15)17)10(7)11(13)14/h5-6,16H,2-4H2,1H3,(H3,13,14)(H2,15,17). The maximum atomic E-state index is 11.3. The van der Waals surface area contributed by atoms with E-state index >= 15 is 0 Å². The largest absolute Gasteiger partial charge is 0.508 e. The van der Waals surface area contributed by atoms with Gasteiger partial charge in [-0.15, -0.1) is 0 Å². The van der Waals surface area contributed by atoms with Crippen LogP contribution >= 0.6 is 0 Å². The van der Waals surface area contributed by atoms with Gasteiger partial charge in [-0.1, -0.05) is 13.3 Å². The normalized spacial score (nSPS) is 10.2. The molecule has 0 heterocycles. The molecule has 0 radical (unpaired) electrons. The Kier molecular flexibility index (Phi) is 4.09. The number of nitrogens with one attached hydrogen (secondary N) is 1. The van der Waals surface area contributed by atoms with E-state index in [0.29, 0.717) is 12.0 Å². The molecular formula is C12H17N3O2. The molecule has 5 nitrogen and oxygen atoms in total. The predicted molar refractivity (Wildman–Crippen MR) is 66.3 cm³/mol. The molecule has 1 aromatic carbocycles. The van der Waals surface area contributed by atoms with Gasteiger partial charge < -0.3 is 16.6 Å². The van der Waals surface area contributed by atoms with Crippen LogP contribution in [0.1, 0.15) is 41.3 Å². The third-order valence-corrected chi connectivity index (χ3v) is 2.60. The molecule has 0 aliphatic heterocycles. The highest BCUT2D eigenvalue weighted by atomic mass is 16.3. The summed E-state index contributed by atoms with van der Waals surface area (Å²) in [5.74, 6) is -0.845. The predicted octanol–water partition coefficient (Wildman–Crippen LogP) is 1.12. The van der Waals surface area contributed by atoms with Gasteiger partial charge in [0.2, 0.25) is 5.91 Å². The lowest BCUT2D eigenvalue weighted by Crippen LogP contribution is -2.22. The summed E-state index contributed by atoms with van der Waals surface area (Å²) in [7, 11) is 0. The van der Waals surface area contributed by atoms with Gasteiger partial charge in [0, 0.05) is 11.1 Å². The van der Waals surface area contributed by atoms with E-state index < -0.39 is 5.91 Å². The Morgan fingerprint density at radius 1 is 1.41 bits per heavy atom. The lowest BCUT2D eigenvalue weighted by molar-refractivity contribution is 0.1000. The number of hydrogen-bond donors (Lipinski definition) is 4. The number of hydrogen-bond acceptors (Lipinski definition) is 3. The van der Waals surface area contributed by atoms with Crippen molar-refractivity contribution in [1.29, 1.82) is 5.41 Å². The second-order valence-electron chi connectivity index (χ2n) is 3.87. The van der Waals surface area contributed by atoms with Crippen molar-refractivity contribution in [1.82, 2.24) is 0 Å². The number of primary amides is 1. The van der Waals surface area contributed by atoms with Gasteiger partial charge in [-0.2, -0.15) is 0 Å². The SMILES string of the molecule is CCCCc1c(O)ccc(C(N)=O)c1C(=N)N. The van der Waals surface area contributed by atoms with E-state index in [9.17, 15) is 9.90 Å². The molecule has 17 heavy (non-hydrogen) atoms. The van der Waals surface area contributed by atoms with Gasteiger partial charge in [0.1, 0.15) is 11.6 Å². The van der Waals surface area contributed by atoms with Crippen LogP contribution in [0.15, 0.2) is 12.1 Å². The van der Waals surface area contributed by atoms with Crippen molar-refractivity contribution < 1.29 is 9.90 Å². The molecule has 0 bridgehead atoms. The van der Waals surface area contributed by atoms with Gasteiger partial charge in [0.15, 0.2) is 0 Å². The third-order valence-electron chi connectivity index (χ3n) is 2.60. The minimum Gasteiger partial charge on any atom is -0.508 e. The third kappa shape index (κ3) is 2.75. The summed E-state index contributed by atoms with van der Waals surface area (Å²) in [4.78, 5) is 11.3. The zero-order chi connectivity index (χ0) is 13.0. The summed E-state index contributed by atoms with van der Waals surface area (Å²) in [5, 5.41) is 17.3. The maximum Gasteiger partial charge on any atom is 0.249 e. The van der Waals surface area contributed by atoms with E-state index in [1.54, 1.807) is 0 Å². The Morgan fingerprint density at radius 3 is 2.53 bits per heavy atom. The summed E-state index contributed by atoms with van der Waals surface area (Å²) in [6.45, 7) is 2.02. The minimum atomic E-state index is -0.645. The molecule has 0 aromatic heterocycles. The molecule has 0 saturated carbocycles. The number of unbranched alkanes of at least 4 members (excludes halogenated alkanes) is 1. The highest BCUT2D eigenvalue weighted by Crippen LogP contribution is 2.26. The molecule has 0 fully saturated rings. The van der Waals surface area contributed by atoms with E-state index in [1.165, 1.54) is 12.1 Å². The van der Waals surface area contributed by atoms with Gasteiger partial charge in [0.25, 0.3) is 0 Å². The fourth-order valence-electron chi connectivity index (χ4n) is 1.76. The summed E-state index contributed by atoms with van der Waals surface area (Å²) in [6, 6.07) is 2.81. The second-order valence-corrected chi connectivity index (χ2v) is 3.87. The molecule has 1 rings (SSSR count). The lowest BCUT2D eigenvalue weighted by atomic mass is 9.95. The van der Waals surface area contributed by atoms with Crippen molar-refractivity contribution in [3.05, 3.63) is 28.8 Å². The lowest BCUT2D eigenvalue weighted by Gasteiger charge is -2.13. The quantitative estimate of drug-likeness (QED) is 0.453. The molecular weight excluding hydrogens is 218 g/mol. The Balaban J connectivity index is 3.37. The molecule has 5 heteroatoms. The van der Waals surface area contributed by atoms with E-state index in [1.807, 2.05) is 6.92 Å². The van der Waals surface area contributed by atoms with Crippen LogP contribution in [0.3, 0.4) is 0 Å². The van der Waals surface area contributed by atoms with Crippen molar-refractivity contribution >= 4 is 11.7 Å². The van der Waals surface area contributed by atoms with Gasteiger partial charge in [0.05, 0.1) is 5.56 Å². The van der Waals surface area contributed by atoms with Crippen LogP contribution in [0.2, 0.25) is 0 Å².